The van der Waals surface area contributed by atoms with Crippen LogP contribution >= 0.6 is 23.5 Å². The third-order valence-corrected chi connectivity index (χ3v) is 6.61. The third kappa shape index (κ3) is 6.01. The maximum atomic E-state index is 12.2. The topological polar surface area (TPSA) is 92.0 Å². The van der Waals surface area contributed by atoms with Crippen LogP contribution in [0.3, 0.4) is 0 Å². The molecule has 0 radical (unpaired) electrons. The standard InChI is InChI=1S/C22H27N5O3S2/c1-6-18(20(28)29-5)32-22-26-25-19(13-31-21-23-14(3)12-15(4)24-21)27(22)16-8-10-17(11-9-16)30-7-2/h8-12,18H,6-7,13H2,1-5H3/t18-/m0/s1. The van der Waals surface area contributed by atoms with E-state index < -0.39 is 0 Å². The van der Waals surface area contributed by atoms with Crippen LogP contribution in [0.2, 0.25) is 0 Å². The number of methoxy groups -OCH3 is 1. The summed E-state index contributed by atoms with van der Waals surface area (Å²) in [6, 6.07) is 9.68. The Labute approximate surface area is 196 Å². The number of thioether (sulfide) groups is 2. The molecule has 2 aromatic heterocycles. The lowest BCUT2D eigenvalue weighted by atomic mass is 10.3. The Morgan fingerprint density at radius 3 is 2.38 bits per heavy atom. The van der Waals surface area contributed by atoms with E-state index in [1.165, 1.54) is 30.6 Å². The molecule has 0 unspecified atom stereocenters. The Kier molecular flexibility index (Phi) is 8.52. The van der Waals surface area contributed by atoms with Gasteiger partial charge >= 0.3 is 5.97 Å². The molecule has 0 bridgehead atoms. The van der Waals surface area contributed by atoms with Gasteiger partial charge in [0.25, 0.3) is 0 Å². The van der Waals surface area contributed by atoms with Crippen LogP contribution in [0.4, 0.5) is 0 Å². The number of rotatable bonds is 10. The smallest absolute Gasteiger partial charge is 0.319 e. The molecule has 0 saturated heterocycles. The van der Waals surface area contributed by atoms with Crippen molar-refractivity contribution in [1.29, 1.82) is 0 Å². The number of hydrogen-bond acceptors (Lipinski definition) is 9. The van der Waals surface area contributed by atoms with Gasteiger partial charge in [-0.3, -0.25) is 9.36 Å². The van der Waals surface area contributed by atoms with E-state index in [0.29, 0.717) is 29.1 Å². The molecule has 2 heterocycles. The van der Waals surface area contributed by atoms with Gasteiger partial charge in [0, 0.05) is 17.1 Å². The van der Waals surface area contributed by atoms with Crippen molar-refractivity contribution in [2.24, 2.45) is 0 Å². The van der Waals surface area contributed by atoms with E-state index in [1.807, 2.05) is 62.6 Å². The summed E-state index contributed by atoms with van der Waals surface area (Å²) < 4.78 is 12.5. The highest BCUT2D eigenvalue weighted by atomic mass is 32.2. The fourth-order valence-electron chi connectivity index (χ4n) is 3.03. The van der Waals surface area contributed by atoms with E-state index in [2.05, 4.69) is 20.2 Å². The van der Waals surface area contributed by atoms with Crippen LogP contribution < -0.4 is 4.74 Å². The Balaban J connectivity index is 1.93. The summed E-state index contributed by atoms with van der Waals surface area (Å²) in [6.45, 7) is 8.40. The fourth-order valence-corrected chi connectivity index (χ4v) is 4.91. The normalized spacial score (nSPS) is 11.9. The first kappa shape index (κ1) is 24.1. The molecule has 0 N–H and O–H groups in total. The average molecular weight is 474 g/mol. The minimum absolute atomic E-state index is 0.279. The van der Waals surface area contributed by atoms with Crippen molar-refractivity contribution in [3.05, 3.63) is 47.5 Å². The molecule has 0 aliphatic heterocycles. The minimum Gasteiger partial charge on any atom is -0.494 e. The number of carbonyl (C=O) groups is 1. The van der Waals surface area contributed by atoms with Crippen LogP contribution in [0.5, 0.6) is 5.75 Å². The lowest BCUT2D eigenvalue weighted by molar-refractivity contribution is -0.140. The van der Waals surface area contributed by atoms with Crippen LogP contribution in [0, 0.1) is 13.8 Å². The van der Waals surface area contributed by atoms with Gasteiger partial charge < -0.3 is 9.47 Å². The molecule has 170 valence electrons. The number of benzene rings is 1. The van der Waals surface area contributed by atoms with Gasteiger partial charge in [-0.2, -0.15) is 0 Å². The summed E-state index contributed by atoms with van der Waals surface area (Å²) in [5.74, 6) is 1.78. The number of hydrogen-bond donors (Lipinski definition) is 0. The summed E-state index contributed by atoms with van der Waals surface area (Å²) in [5, 5.41) is 9.76. The highest BCUT2D eigenvalue weighted by Crippen LogP contribution is 2.30. The lowest BCUT2D eigenvalue weighted by Crippen LogP contribution is -2.18. The van der Waals surface area contributed by atoms with Gasteiger partial charge in [-0.1, -0.05) is 30.4 Å². The maximum Gasteiger partial charge on any atom is 0.319 e. The van der Waals surface area contributed by atoms with E-state index in [9.17, 15) is 4.79 Å². The van der Waals surface area contributed by atoms with Gasteiger partial charge in [0.05, 0.1) is 19.5 Å². The first-order chi connectivity index (χ1) is 15.4. The second-order valence-electron chi connectivity index (χ2n) is 6.92. The molecule has 0 amide bonds. The summed E-state index contributed by atoms with van der Waals surface area (Å²) in [4.78, 5) is 21.2. The molecule has 1 atom stereocenters. The highest BCUT2D eigenvalue weighted by Gasteiger charge is 2.24. The number of esters is 1. The van der Waals surface area contributed by atoms with Crippen LogP contribution in [-0.4, -0.2) is 49.7 Å². The van der Waals surface area contributed by atoms with Gasteiger partial charge in [0.15, 0.2) is 10.3 Å². The molecule has 10 heteroatoms. The van der Waals surface area contributed by atoms with E-state index >= 15 is 0 Å². The number of nitrogens with zero attached hydrogens (tertiary/aromatic N) is 5. The SMILES string of the molecule is CCOc1ccc(-n2c(CSc3nc(C)cc(C)n3)nnc2S[C@@H](CC)C(=O)OC)cc1. The zero-order valence-electron chi connectivity index (χ0n) is 18.9. The predicted octanol–water partition coefficient (Wildman–Crippen LogP) is 4.41. The number of aromatic nitrogens is 5. The molecule has 0 fully saturated rings. The largest absolute Gasteiger partial charge is 0.494 e. The summed E-state index contributed by atoms with van der Waals surface area (Å²) in [7, 11) is 1.40. The number of aryl methyl sites for hydroxylation is 2. The van der Waals surface area contributed by atoms with E-state index in [0.717, 1.165) is 28.6 Å². The van der Waals surface area contributed by atoms with Crippen LogP contribution in [0.15, 0.2) is 40.6 Å². The van der Waals surface area contributed by atoms with E-state index in [-0.39, 0.29) is 11.2 Å². The second-order valence-corrected chi connectivity index (χ2v) is 9.03. The Bertz CT molecular complexity index is 1040. The second kappa shape index (κ2) is 11.3. The minimum atomic E-state index is -0.367. The summed E-state index contributed by atoms with van der Waals surface area (Å²) >= 11 is 2.85. The average Bonchev–Trinajstić information content (AvgIpc) is 3.18. The van der Waals surface area contributed by atoms with Crippen LogP contribution in [0.25, 0.3) is 5.69 Å². The van der Waals surface area contributed by atoms with Crippen molar-refractivity contribution in [3.8, 4) is 11.4 Å². The molecule has 3 rings (SSSR count). The quantitative estimate of drug-likeness (QED) is 0.241. The van der Waals surface area contributed by atoms with Gasteiger partial charge in [0.2, 0.25) is 0 Å². The van der Waals surface area contributed by atoms with Crippen molar-refractivity contribution in [1.82, 2.24) is 24.7 Å². The predicted molar refractivity (Wildman–Crippen MR) is 126 cm³/mol. The fraction of sp³-hybridized carbons (Fsp3) is 0.409. The molecule has 32 heavy (non-hydrogen) atoms. The van der Waals surface area contributed by atoms with Crippen molar-refractivity contribution in [2.75, 3.05) is 13.7 Å². The Morgan fingerprint density at radius 2 is 1.78 bits per heavy atom. The maximum absolute atomic E-state index is 12.2. The molecule has 0 aliphatic carbocycles. The first-order valence-corrected chi connectivity index (χ1v) is 12.2. The van der Waals surface area contributed by atoms with Crippen LogP contribution in [-0.2, 0) is 15.3 Å². The molecule has 0 saturated carbocycles. The Morgan fingerprint density at radius 1 is 1.09 bits per heavy atom. The highest BCUT2D eigenvalue weighted by molar-refractivity contribution is 8.00. The molecule has 1 aromatic carbocycles. The van der Waals surface area contributed by atoms with Gasteiger partial charge in [0.1, 0.15) is 16.8 Å². The van der Waals surface area contributed by atoms with Crippen LogP contribution in [0.1, 0.15) is 37.5 Å². The molecule has 3 aromatic rings. The molecule has 0 aliphatic rings. The zero-order chi connectivity index (χ0) is 23.1. The monoisotopic (exact) mass is 473 g/mol. The first-order valence-electron chi connectivity index (χ1n) is 10.3. The summed E-state index contributed by atoms with van der Waals surface area (Å²) in [5.41, 5.74) is 2.73. The Hall–Kier alpha value is -2.59. The van der Waals surface area contributed by atoms with Gasteiger partial charge in [-0.05, 0) is 57.5 Å². The molecular weight excluding hydrogens is 446 g/mol. The zero-order valence-corrected chi connectivity index (χ0v) is 20.5. The van der Waals surface area contributed by atoms with Gasteiger partial charge in [-0.25, -0.2) is 9.97 Å². The number of ether oxygens (including phenoxy) is 2. The number of carbonyl (C=O) groups excluding carboxylic acids is 1. The van der Waals surface area contributed by atoms with Crippen molar-refractivity contribution in [2.45, 2.75) is 55.4 Å². The molecular formula is C22H27N5O3S2. The van der Waals surface area contributed by atoms with E-state index in [1.54, 1.807) is 0 Å². The third-order valence-electron chi connectivity index (χ3n) is 4.48. The lowest BCUT2D eigenvalue weighted by Gasteiger charge is -2.14. The van der Waals surface area contributed by atoms with Crippen molar-refractivity contribution in [3.63, 3.8) is 0 Å². The van der Waals surface area contributed by atoms with Crippen molar-refractivity contribution >= 4 is 29.5 Å². The van der Waals surface area contributed by atoms with Gasteiger partial charge in [-0.15, -0.1) is 10.2 Å². The summed E-state index contributed by atoms with van der Waals surface area (Å²) in [6.07, 6.45) is 0.619. The van der Waals surface area contributed by atoms with E-state index in [4.69, 9.17) is 9.47 Å². The molecule has 0 spiro atoms. The molecule has 8 nitrogen and oxygen atoms in total. The van der Waals surface area contributed by atoms with Crippen molar-refractivity contribution < 1.29 is 14.3 Å².